The summed E-state index contributed by atoms with van der Waals surface area (Å²) in [7, 11) is -2.17. The molecular weight excluding hydrogens is 150 g/mol. The van der Waals surface area contributed by atoms with E-state index in [-0.39, 0.29) is 0 Å². The fraction of sp³-hybridized carbons (Fsp3) is 1.00. The number of hydrogen-bond donors (Lipinski definition) is 2. The third-order valence-electron chi connectivity index (χ3n) is 1.92. The van der Waals surface area contributed by atoms with Gasteiger partial charge in [-0.1, -0.05) is 6.92 Å². The molecule has 4 heteroatoms. The van der Waals surface area contributed by atoms with E-state index in [1.807, 2.05) is 0 Å². The SMILES string of the molecule is CCN1CCS(O)(O)CC1. The van der Waals surface area contributed by atoms with Gasteiger partial charge in [-0.25, -0.2) is 0 Å². The van der Waals surface area contributed by atoms with Crippen LogP contribution in [-0.4, -0.2) is 45.1 Å². The predicted octanol–water partition coefficient (Wildman–Crippen LogP) is 1.07. The molecule has 62 valence electrons. The number of nitrogens with zero attached hydrogens (tertiary/aromatic N) is 1. The molecule has 1 rings (SSSR count). The summed E-state index contributed by atoms with van der Waals surface area (Å²) in [6.45, 7) is 4.81. The lowest BCUT2D eigenvalue weighted by Crippen LogP contribution is -2.37. The van der Waals surface area contributed by atoms with E-state index in [1.165, 1.54) is 0 Å². The minimum atomic E-state index is -2.17. The fourth-order valence-electron chi connectivity index (χ4n) is 1.08. The highest BCUT2D eigenvalue weighted by atomic mass is 32.3. The lowest BCUT2D eigenvalue weighted by Gasteiger charge is -2.40. The molecule has 1 fully saturated rings. The number of rotatable bonds is 1. The zero-order chi connectivity index (χ0) is 7.61. The lowest BCUT2D eigenvalue weighted by atomic mass is 10.5. The largest absolute Gasteiger partial charge is 0.300 e. The van der Waals surface area contributed by atoms with Crippen LogP contribution in [0.25, 0.3) is 0 Å². The van der Waals surface area contributed by atoms with E-state index in [1.54, 1.807) is 0 Å². The minimum absolute atomic E-state index is 0.570. The van der Waals surface area contributed by atoms with Gasteiger partial charge in [0.25, 0.3) is 0 Å². The minimum Gasteiger partial charge on any atom is -0.300 e. The Hall–Kier alpha value is 0.230. The summed E-state index contributed by atoms with van der Waals surface area (Å²) in [6.07, 6.45) is 0. The first-order valence-corrected chi connectivity index (χ1v) is 5.48. The van der Waals surface area contributed by atoms with Gasteiger partial charge in [0.05, 0.1) is 11.5 Å². The standard InChI is InChI=1S/C6H15NO2S/c1-2-7-3-5-10(8,9)6-4-7/h8-9H,2-6H2,1H3. The van der Waals surface area contributed by atoms with Crippen LogP contribution in [0.2, 0.25) is 0 Å². The molecular formula is C6H15NO2S. The molecule has 0 saturated carbocycles. The molecule has 0 aliphatic carbocycles. The maximum atomic E-state index is 9.20. The molecule has 2 N–H and O–H groups in total. The molecule has 0 bridgehead atoms. The fourth-order valence-corrected chi connectivity index (χ4v) is 2.39. The van der Waals surface area contributed by atoms with Crippen molar-refractivity contribution < 1.29 is 9.11 Å². The van der Waals surface area contributed by atoms with E-state index in [4.69, 9.17) is 0 Å². The first kappa shape index (κ1) is 8.33. The van der Waals surface area contributed by atoms with Gasteiger partial charge in [-0.05, 0) is 6.54 Å². The van der Waals surface area contributed by atoms with Crippen molar-refractivity contribution in [3.63, 3.8) is 0 Å². The van der Waals surface area contributed by atoms with Crippen molar-refractivity contribution in [1.82, 2.24) is 4.90 Å². The van der Waals surface area contributed by atoms with Crippen LogP contribution in [-0.2, 0) is 0 Å². The van der Waals surface area contributed by atoms with Crippen molar-refractivity contribution in [2.75, 3.05) is 31.1 Å². The van der Waals surface area contributed by atoms with Crippen LogP contribution in [0.1, 0.15) is 6.92 Å². The topological polar surface area (TPSA) is 43.7 Å². The quantitative estimate of drug-likeness (QED) is 0.611. The van der Waals surface area contributed by atoms with Gasteiger partial charge >= 0.3 is 0 Å². The maximum Gasteiger partial charge on any atom is 0.0502 e. The van der Waals surface area contributed by atoms with E-state index < -0.39 is 10.6 Å². The zero-order valence-electron chi connectivity index (χ0n) is 6.29. The average Bonchev–Trinajstić information content (AvgIpc) is 1.88. The summed E-state index contributed by atoms with van der Waals surface area (Å²) in [6, 6.07) is 0. The Balaban J connectivity index is 2.31. The van der Waals surface area contributed by atoms with Crippen molar-refractivity contribution >= 4 is 10.6 Å². The molecule has 0 aromatic heterocycles. The molecule has 0 spiro atoms. The molecule has 0 aromatic rings. The number of hydrogen-bond acceptors (Lipinski definition) is 3. The molecule has 0 aromatic carbocycles. The van der Waals surface area contributed by atoms with Gasteiger partial charge in [-0.15, -0.1) is 0 Å². The second-order valence-corrected chi connectivity index (χ2v) is 5.07. The van der Waals surface area contributed by atoms with E-state index in [9.17, 15) is 9.11 Å². The molecule has 0 unspecified atom stereocenters. The van der Waals surface area contributed by atoms with Crippen LogP contribution < -0.4 is 0 Å². The Morgan fingerprint density at radius 1 is 1.30 bits per heavy atom. The van der Waals surface area contributed by atoms with Gasteiger partial charge in [0.15, 0.2) is 0 Å². The molecule has 1 aliphatic heterocycles. The monoisotopic (exact) mass is 165 g/mol. The summed E-state index contributed by atoms with van der Waals surface area (Å²) in [5.74, 6) is 1.14. The second-order valence-electron chi connectivity index (χ2n) is 2.64. The van der Waals surface area contributed by atoms with Gasteiger partial charge in [-0.3, -0.25) is 9.11 Å². The highest BCUT2D eigenvalue weighted by Gasteiger charge is 2.20. The van der Waals surface area contributed by atoms with Crippen LogP contribution in [0.5, 0.6) is 0 Å². The first-order chi connectivity index (χ1) is 4.64. The second kappa shape index (κ2) is 3.09. The van der Waals surface area contributed by atoms with Crippen LogP contribution in [0.4, 0.5) is 0 Å². The van der Waals surface area contributed by atoms with Crippen LogP contribution in [0.15, 0.2) is 0 Å². The Kier molecular flexibility index (Phi) is 2.57. The van der Waals surface area contributed by atoms with Crippen molar-refractivity contribution in [2.45, 2.75) is 6.92 Å². The molecule has 1 aliphatic rings. The average molecular weight is 165 g/mol. The van der Waals surface area contributed by atoms with Gasteiger partial charge in [0, 0.05) is 13.1 Å². The summed E-state index contributed by atoms with van der Waals surface area (Å²) in [5, 5.41) is 0. The van der Waals surface area contributed by atoms with Crippen molar-refractivity contribution in [3.8, 4) is 0 Å². The Morgan fingerprint density at radius 3 is 2.20 bits per heavy atom. The molecule has 3 nitrogen and oxygen atoms in total. The van der Waals surface area contributed by atoms with Gasteiger partial charge in [0.2, 0.25) is 0 Å². The van der Waals surface area contributed by atoms with E-state index in [0.29, 0.717) is 11.5 Å². The molecule has 0 radical (unpaired) electrons. The normalized spacial score (nSPS) is 29.9. The lowest BCUT2D eigenvalue weighted by molar-refractivity contribution is 0.300. The van der Waals surface area contributed by atoms with E-state index in [0.717, 1.165) is 19.6 Å². The summed E-state index contributed by atoms with van der Waals surface area (Å²) >= 11 is 0. The summed E-state index contributed by atoms with van der Waals surface area (Å²) in [5.41, 5.74) is 0. The Labute approximate surface area is 63.4 Å². The van der Waals surface area contributed by atoms with Crippen LogP contribution >= 0.6 is 10.6 Å². The molecule has 0 amide bonds. The van der Waals surface area contributed by atoms with Gasteiger partial charge in [0.1, 0.15) is 0 Å². The van der Waals surface area contributed by atoms with Gasteiger partial charge in [-0.2, -0.15) is 10.6 Å². The molecule has 10 heavy (non-hydrogen) atoms. The zero-order valence-corrected chi connectivity index (χ0v) is 7.10. The van der Waals surface area contributed by atoms with Gasteiger partial charge < -0.3 is 4.90 Å². The van der Waals surface area contributed by atoms with Crippen LogP contribution in [0, 0.1) is 0 Å². The van der Waals surface area contributed by atoms with E-state index in [2.05, 4.69) is 11.8 Å². The van der Waals surface area contributed by atoms with Crippen molar-refractivity contribution in [1.29, 1.82) is 0 Å². The Bertz CT molecular complexity index is 108. The van der Waals surface area contributed by atoms with Crippen LogP contribution in [0.3, 0.4) is 0 Å². The van der Waals surface area contributed by atoms with Crippen molar-refractivity contribution in [3.05, 3.63) is 0 Å². The summed E-state index contributed by atoms with van der Waals surface area (Å²) in [4.78, 5) is 2.23. The molecule has 0 atom stereocenters. The summed E-state index contributed by atoms with van der Waals surface area (Å²) < 4.78 is 18.4. The predicted molar refractivity (Wildman–Crippen MR) is 44.7 cm³/mol. The molecule has 1 heterocycles. The highest BCUT2D eigenvalue weighted by molar-refractivity contribution is 8.24. The third kappa shape index (κ3) is 2.12. The highest BCUT2D eigenvalue weighted by Crippen LogP contribution is 2.39. The Morgan fingerprint density at radius 2 is 1.80 bits per heavy atom. The third-order valence-corrected chi connectivity index (χ3v) is 3.59. The van der Waals surface area contributed by atoms with Crippen molar-refractivity contribution in [2.24, 2.45) is 0 Å². The first-order valence-electron chi connectivity index (χ1n) is 3.60. The molecule has 1 saturated heterocycles. The maximum absolute atomic E-state index is 9.20. The smallest absolute Gasteiger partial charge is 0.0502 e. The van der Waals surface area contributed by atoms with E-state index >= 15 is 0 Å².